The van der Waals surface area contributed by atoms with Crippen LogP contribution in [0.1, 0.15) is 63.2 Å². The van der Waals surface area contributed by atoms with Crippen LogP contribution in [0.4, 0.5) is 4.79 Å². The molecule has 1 saturated carbocycles. The largest absolute Gasteiger partial charge is 0.442 e. The molecule has 0 radical (unpaired) electrons. The first-order chi connectivity index (χ1) is 14.9. The summed E-state index contributed by atoms with van der Waals surface area (Å²) in [6.07, 6.45) is 1.32. The fourth-order valence-electron chi connectivity index (χ4n) is 3.64. The molecule has 2 atom stereocenters. The van der Waals surface area contributed by atoms with Gasteiger partial charge in [-0.2, -0.15) is 0 Å². The van der Waals surface area contributed by atoms with Crippen molar-refractivity contribution < 1.29 is 23.9 Å². The van der Waals surface area contributed by atoms with Crippen LogP contribution in [-0.4, -0.2) is 59.3 Å². The highest BCUT2D eigenvalue weighted by molar-refractivity contribution is 6.30. The normalized spacial score (nSPS) is 18.4. The molecular formula is C23H32ClN3O5. The summed E-state index contributed by atoms with van der Waals surface area (Å²) >= 11 is 5.84. The van der Waals surface area contributed by atoms with E-state index in [2.05, 4.69) is 5.43 Å². The molecule has 0 aliphatic heterocycles. The summed E-state index contributed by atoms with van der Waals surface area (Å²) in [7, 11) is 3.39. The predicted molar refractivity (Wildman–Crippen MR) is 121 cm³/mol. The summed E-state index contributed by atoms with van der Waals surface area (Å²) in [6, 6.07) is 5.82. The first kappa shape index (κ1) is 25.6. The molecule has 1 N–H and O–H groups in total. The van der Waals surface area contributed by atoms with Crippen molar-refractivity contribution >= 4 is 35.3 Å². The maximum atomic E-state index is 12.9. The van der Waals surface area contributed by atoms with Crippen LogP contribution >= 0.6 is 11.6 Å². The van der Waals surface area contributed by atoms with E-state index in [4.69, 9.17) is 16.3 Å². The number of hydrogen-bond donors (Lipinski definition) is 1. The molecule has 0 bridgehead atoms. The summed E-state index contributed by atoms with van der Waals surface area (Å²) in [4.78, 5) is 52.0. The van der Waals surface area contributed by atoms with E-state index in [9.17, 15) is 19.2 Å². The minimum absolute atomic E-state index is 0.0110. The first-order valence-corrected chi connectivity index (χ1v) is 11.1. The van der Waals surface area contributed by atoms with Gasteiger partial charge in [-0.15, -0.1) is 0 Å². The van der Waals surface area contributed by atoms with Gasteiger partial charge >= 0.3 is 6.09 Å². The van der Waals surface area contributed by atoms with Gasteiger partial charge in [-0.25, -0.2) is 9.80 Å². The predicted octanol–water partition coefficient (Wildman–Crippen LogP) is 3.83. The van der Waals surface area contributed by atoms with Crippen molar-refractivity contribution in [1.29, 1.82) is 0 Å². The van der Waals surface area contributed by atoms with Crippen molar-refractivity contribution in [1.82, 2.24) is 15.3 Å². The van der Waals surface area contributed by atoms with E-state index in [0.29, 0.717) is 23.4 Å². The van der Waals surface area contributed by atoms with Gasteiger partial charge in [-0.1, -0.05) is 18.0 Å². The number of Topliss-reactive ketones (excluding diaryl/α,β-unsaturated/α-hetero) is 1. The van der Waals surface area contributed by atoms with Crippen molar-refractivity contribution in [3.8, 4) is 0 Å². The van der Waals surface area contributed by atoms with E-state index in [0.717, 1.165) is 17.9 Å². The van der Waals surface area contributed by atoms with Crippen LogP contribution in [-0.2, 0) is 14.3 Å². The summed E-state index contributed by atoms with van der Waals surface area (Å²) in [6.45, 7) is 5.19. The molecule has 9 heteroatoms. The highest BCUT2D eigenvalue weighted by Crippen LogP contribution is 2.29. The third-order valence-electron chi connectivity index (χ3n) is 5.12. The molecule has 0 aromatic heterocycles. The standard InChI is InChI=1S/C23H32ClN3O5/c1-23(2,3)32-22(31)27(18-8-6-7-16(13-18)21(30)26(4)5)25-20(29)14-19(28)15-9-11-17(24)12-10-15/h9-12,16,18H,6-8,13-14H2,1-5H3,(H,25,29)/t16-,18?/m0/s1. The number of carbonyl (C=O) groups is 4. The Bertz CT molecular complexity index is 848. The van der Waals surface area contributed by atoms with Crippen LogP contribution in [0.2, 0.25) is 5.02 Å². The van der Waals surface area contributed by atoms with Crippen LogP contribution < -0.4 is 5.43 Å². The SMILES string of the molecule is CN(C)C(=O)[C@H]1CCCC(N(NC(=O)CC(=O)c2ccc(Cl)cc2)C(=O)OC(C)(C)C)C1. The number of rotatable bonds is 5. The van der Waals surface area contributed by atoms with Crippen molar-refractivity contribution in [2.75, 3.05) is 14.1 Å². The Morgan fingerprint density at radius 1 is 1.09 bits per heavy atom. The molecule has 3 amide bonds. The maximum absolute atomic E-state index is 12.9. The summed E-state index contributed by atoms with van der Waals surface area (Å²) in [5.41, 5.74) is 2.14. The molecule has 8 nitrogen and oxygen atoms in total. The molecule has 0 saturated heterocycles. The van der Waals surface area contributed by atoms with Crippen molar-refractivity contribution in [3.63, 3.8) is 0 Å². The van der Waals surface area contributed by atoms with E-state index in [1.54, 1.807) is 59.1 Å². The molecule has 1 aromatic carbocycles. The van der Waals surface area contributed by atoms with Crippen LogP contribution in [0.25, 0.3) is 0 Å². The van der Waals surface area contributed by atoms with Crippen LogP contribution in [0.15, 0.2) is 24.3 Å². The summed E-state index contributed by atoms with van der Waals surface area (Å²) in [5.74, 6) is -1.28. The van der Waals surface area contributed by atoms with E-state index >= 15 is 0 Å². The van der Waals surface area contributed by atoms with Crippen molar-refractivity contribution in [3.05, 3.63) is 34.9 Å². The number of ketones is 1. The molecule has 1 aliphatic rings. The highest BCUT2D eigenvalue weighted by Gasteiger charge is 2.36. The monoisotopic (exact) mass is 465 g/mol. The third kappa shape index (κ3) is 7.51. The number of hydrogen-bond acceptors (Lipinski definition) is 5. The number of nitrogens with zero attached hydrogens (tertiary/aromatic N) is 2. The number of ether oxygens (including phenoxy) is 1. The van der Waals surface area contributed by atoms with Crippen LogP contribution in [0.5, 0.6) is 0 Å². The zero-order valence-electron chi connectivity index (χ0n) is 19.3. The molecule has 176 valence electrons. The van der Waals surface area contributed by atoms with E-state index < -0.39 is 35.8 Å². The second-order valence-electron chi connectivity index (χ2n) is 9.24. The van der Waals surface area contributed by atoms with Crippen LogP contribution in [0, 0.1) is 5.92 Å². The van der Waals surface area contributed by atoms with E-state index in [-0.39, 0.29) is 11.8 Å². The lowest BCUT2D eigenvalue weighted by atomic mass is 9.84. The van der Waals surface area contributed by atoms with Gasteiger partial charge in [0, 0.05) is 30.6 Å². The number of carbonyl (C=O) groups excluding carboxylic acids is 4. The Balaban J connectivity index is 2.14. The Hall–Kier alpha value is -2.61. The number of nitrogens with one attached hydrogen (secondary N) is 1. The Morgan fingerprint density at radius 3 is 2.28 bits per heavy atom. The molecular weight excluding hydrogens is 434 g/mol. The molecule has 0 heterocycles. The fraction of sp³-hybridized carbons (Fsp3) is 0.565. The number of benzene rings is 1. The Morgan fingerprint density at radius 2 is 1.72 bits per heavy atom. The van der Waals surface area contributed by atoms with Crippen LogP contribution in [0.3, 0.4) is 0 Å². The molecule has 1 unspecified atom stereocenters. The van der Waals surface area contributed by atoms with Gasteiger partial charge in [0.25, 0.3) is 0 Å². The number of hydrazine groups is 1. The lowest BCUT2D eigenvalue weighted by molar-refractivity contribution is -0.135. The highest BCUT2D eigenvalue weighted by atomic mass is 35.5. The Kier molecular flexibility index (Phi) is 8.66. The van der Waals surface area contributed by atoms with Gasteiger partial charge in [-0.3, -0.25) is 19.8 Å². The smallest absolute Gasteiger partial charge is 0.429 e. The fourth-order valence-corrected chi connectivity index (χ4v) is 3.77. The zero-order chi connectivity index (χ0) is 24.1. The molecule has 2 rings (SSSR count). The van der Waals surface area contributed by atoms with Gasteiger partial charge in [-0.05, 0) is 64.3 Å². The first-order valence-electron chi connectivity index (χ1n) is 10.7. The topological polar surface area (TPSA) is 96.0 Å². The average Bonchev–Trinajstić information content (AvgIpc) is 2.70. The maximum Gasteiger partial charge on any atom is 0.429 e. The van der Waals surface area contributed by atoms with Gasteiger partial charge in [0.1, 0.15) is 5.60 Å². The number of halogens is 1. The summed E-state index contributed by atoms with van der Waals surface area (Å²) < 4.78 is 5.48. The van der Waals surface area contributed by atoms with Gasteiger partial charge in [0.2, 0.25) is 11.8 Å². The molecule has 32 heavy (non-hydrogen) atoms. The second kappa shape index (κ2) is 10.8. The van der Waals surface area contributed by atoms with Crippen molar-refractivity contribution in [2.45, 2.75) is 64.5 Å². The second-order valence-corrected chi connectivity index (χ2v) is 9.68. The van der Waals surface area contributed by atoms with E-state index in [1.807, 2.05) is 0 Å². The lowest BCUT2D eigenvalue weighted by Crippen LogP contribution is -2.55. The van der Waals surface area contributed by atoms with Gasteiger partial charge < -0.3 is 9.64 Å². The average molecular weight is 466 g/mol. The molecule has 1 fully saturated rings. The number of amides is 3. The van der Waals surface area contributed by atoms with E-state index in [1.165, 1.54) is 4.90 Å². The minimum atomic E-state index is -0.771. The quantitative estimate of drug-likeness (QED) is 0.405. The zero-order valence-corrected chi connectivity index (χ0v) is 20.1. The lowest BCUT2D eigenvalue weighted by Gasteiger charge is -2.38. The Labute approximate surface area is 194 Å². The molecule has 1 aliphatic carbocycles. The van der Waals surface area contributed by atoms with Gasteiger partial charge in [0.15, 0.2) is 5.78 Å². The minimum Gasteiger partial charge on any atom is -0.442 e. The van der Waals surface area contributed by atoms with Gasteiger partial charge in [0.05, 0.1) is 12.5 Å². The summed E-state index contributed by atoms with van der Waals surface area (Å²) in [5, 5.41) is 1.64. The third-order valence-corrected chi connectivity index (χ3v) is 5.38. The van der Waals surface area contributed by atoms with Crippen molar-refractivity contribution in [2.24, 2.45) is 5.92 Å². The molecule has 1 aromatic rings. The molecule has 0 spiro atoms.